The summed E-state index contributed by atoms with van der Waals surface area (Å²) in [5.41, 5.74) is 4.50. The first-order valence-corrected chi connectivity index (χ1v) is 8.77. The van der Waals surface area contributed by atoms with Crippen LogP contribution in [0.3, 0.4) is 0 Å². The molecule has 4 nitrogen and oxygen atoms in total. The molecular weight excluding hydrogens is 336 g/mol. The van der Waals surface area contributed by atoms with Gasteiger partial charge >= 0.3 is 0 Å². The highest BCUT2D eigenvalue weighted by Gasteiger charge is 2.41. The number of hydrogen-bond donors (Lipinski definition) is 1. The van der Waals surface area contributed by atoms with Crippen molar-refractivity contribution < 1.29 is 9.47 Å². The minimum atomic E-state index is 0. The van der Waals surface area contributed by atoms with Crippen LogP contribution < -0.4 is 14.8 Å². The van der Waals surface area contributed by atoms with Crippen molar-refractivity contribution >= 4 is 18.1 Å². The van der Waals surface area contributed by atoms with Crippen LogP contribution in [0.4, 0.5) is 5.69 Å². The lowest BCUT2D eigenvalue weighted by Crippen LogP contribution is -2.43. The fourth-order valence-electron chi connectivity index (χ4n) is 4.34. The van der Waals surface area contributed by atoms with Crippen molar-refractivity contribution in [3.63, 3.8) is 0 Å². The van der Waals surface area contributed by atoms with E-state index >= 15 is 0 Å². The average Bonchev–Trinajstić information content (AvgIpc) is 3.22. The number of anilines is 1. The van der Waals surface area contributed by atoms with Crippen LogP contribution >= 0.6 is 12.4 Å². The number of halogens is 1. The fraction of sp³-hybridized carbons (Fsp3) is 0.400. The molecule has 25 heavy (non-hydrogen) atoms. The summed E-state index contributed by atoms with van der Waals surface area (Å²) in [7, 11) is 0. The van der Waals surface area contributed by atoms with Gasteiger partial charge in [-0.1, -0.05) is 24.3 Å². The maximum Gasteiger partial charge on any atom is 0.231 e. The summed E-state index contributed by atoms with van der Waals surface area (Å²) >= 11 is 0. The number of fused-ring (bicyclic) bond motifs is 3. The predicted octanol–water partition coefficient (Wildman–Crippen LogP) is 3.80. The molecule has 1 fully saturated rings. The molecule has 3 heterocycles. The van der Waals surface area contributed by atoms with Gasteiger partial charge in [0, 0.05) is 24.2 Å². The van der Waals surface area contributed by atoms with E-state index in [4.69, 9.17) is 9.47 Å². The van der Waals surface area contributed by atoms with Crippen LogP contribution in [-0.4, -0.2) is 31.3 Å². The minimum Gasteiger partial charge on any atom is -0.454 e. The quantitative estimate of drug-likeness (QED) is 0.885. The van der Waals surface area contributed by atoms with Gasteiger partial charge in [-0.05, 0) is 55.3 Å². The van der Waals surface area contributed by atoms with E-state index in [9.17, 15) is 0 Å². The van der Waals surface area contributed by atoms with Gasteiger partial charge < -0.3 is 14.8 Å². The number of nitrogens with one attached hydrogen (secondary N) is 1. The maximum absolute atomic E-state index is 5.49. The second-order valence-electron chi connectivity index (χ2n) is 7.14. The van der Waals surface area contributed by atoms with Gasteiger partial charge in [0.2, 0.25) is 6.79 Å². The molecule has 132 valence electrons. The Bertz CT molecular complexity index is 772. The van der Waals surface area contributed by atoms with Crippen molar-refractivity contribution in [1.29, 1.82) is 0 Å². The number of para-hydroxylation sites is 1. The Morgan fingerprint density at radius 1 is 1.00 bits per heavy atom. The van der Waals surface area contributed by atoms with Gasteiger partial charge in [-0.3, -0.25) is 4.90 Å². The van der Waals surface area contributed by atoms with Crippen molar-refractivity contribution in [3.8, 4) is 11.5 Å². The normalized spacial score (nSPS) is 20.0. The molecule has 2 aromatic carbocycles. The van der Waals surface area contributed by atoms with Gasteiger partial charge in [-0.25, -0.2) is 0 Å². The maximum atomic E-state index is 5.49. The van der Waals surface area contributed by atoms with Gasteiger partial charge in [0.1, 0.15) is 0 Å². The van der Waals surface area contributed by atoms with Crippen molar-refractivity contribution in [2.45, 2.75) is 24.8 Å². The van der Waals surface area contributed by atoms with Crippen LogP contribution in [0.5, 0.6) is 11.5 Å². The minimum absolute atomic E-state index is 0. The number of benzene rings is 2. The molecule has 0 unspecified atom stereocenters. The third-order valence-corrected chi connectivity index (χ3v) is 5.77. The molecule has 0 atom stereocenters. The monoisotopic (exact) mass is 358 g/mol. The van der Waals surface area contributed by atoms with Gasteiger partial charge in [0.25, 0.3) is 0 Å². The number of likely N-dealkylation sites (tertiary alicyclic amines) is 1. The molecule has 0 aliphatic carbocycles. The van der Waals surface area contributed by atoms with E-state index in [0.717, 1.165) is 37.7 Å². The summed E-state index contributed by atoms with van der Waals surface area (Å²) in [5.74, 6) is 1.75. The van der Waals surface area contributed by atoms with E-state index in [1.807, 2.05) is 6.07 Å². The Labute approximate surface area is 154 Å². The second-order valence-corrected chi connectivity index (χ2v) is 7.14. The standard InChI is InChI=1S/C20H22N2O2.ClH/c1-2-4-17-16(3-1)20(13-21-17)7-9-22(10-8-20)12-15-5-6-18-19(11-15)24-14-23-18;/h1-6,11,21H,7-10,12-14H2;1H. The molecule has 1 N–H and O–H groups in total. The van der Waals surface area contributed by atoms with E-state index in [-0.39, 0.29) is 12.4 Å². The molecule has 2 aromatic rings. The van der Waals surface area contributed by atoms with Crippen LogP contribution in [-0.2, 0) is 12.0 Å². The molecule has 1 saturated heterocycles. The number of hydrogen-bond acceptors (Lipinski definition) is 4. The van der Waals surface area contributed by atoms with Crippen LogP contribution in [0.15, 0.2) is 42.5 Å². The first kappa shape index (κ1) is 16.6. The van der Waals surface area contributed by atoms with Crippen LogP contribution in [0.1, 0.15) is 24.0 Å². The Kier molecular flexibility index (Phi) is 4.26. The summed E-state index contributed by atoms with van der Waals surface area (Å²) in [5, 5.41) is 3.60. The topological polar surface area (TPSA) is 33.7 Å². The summed E-state index contributed by atoms with van der Waals surface area (Å²) in [4.78, 5) is 2.56. The molecule has 3 aliphatic rings. The van der Waals surface area contributed by atoms with E-state index in [1.165, 1.54) is 29.7 Å². The first-order valence-electron chi connectivity index (χ1n) is 8.77. The largest absolute Gasteiger partial charge is 0.454 e. The average molecular weight is 359 g/mol. The van der Waals surface area contributed by atoms with Crippen LogP contribution in [0, 0.1) is 0 Å². The molecule has 3 aliphatic heterocycles. The van der Waals surface area contributed by atoms with Crippen molar-refractivity contribution in [3.05, 3.63) is 53.6 Å². The van der Waals surface area contributed by atoms with Gasteiger partial charge in [0.15, 0.2) is 11.5 Å². The molecule has 5 heteroatoms. The molecule has 0 radical (unpaired) electrons. The van der Waals surface area contributed by atoms with E-state index < -0.39 is 0 Å². The highest BCUT2D eigenvalue weighted by Crippen LogP contribution is 2.44. The highest BCUT2D eigenvalue weighted by atomic mass is 35.5. The zero-order chi connectivity index (χ0) is 16.0. The van der Waals surface area contributed by atoms with Crippen LogP contribution in [0.2, 0.25) is 0 Å². The molecule has 0 aromatic heterocycles. The Morgan fingerprint density at radius 2 is 1.80 bits per heavy atom. The Balaban J connectivity index is 0.00000157. The summed E-state index contributed by atoms with van der Waals surface area (Å²) in [6.45, 7) is 4.71. The van der Waals surface area contributed by atoms with Gasteiger partial charge in [-0.15, -0.1) is 12.4 Å². The summed E-state index contributed by atoms with van der Waals surface area (Å²) in [6.07, 6.45) is 2.45. The second kappa shape index (κ2) is 6.43. The predicted molar refractivity (Wildman–Crippen MR) is 101 cm³/mol. The highest BCUT2D eigenvalue weighted by molar-refractivity contribution is 5.85. The fourth-order valence-corrected chi connectivity index (χ4v) is 4.34. The van der Waals surface area contributed by atoms with Crippen LogP contribution in [0.25, 0.3) is 0 Å². The molecule has 5 rings (SSSR count). The third-order valence-electron chi connectivity index (χ3n) is 5.77. The van der Waals surface area contributed by atoms with Crippen molar-refractivity contribution in [2.24, 2.45) is 0 Å². The van der Waals surface area contributed by atoms with Crippen molar-refractivity contribution in [1.82, 2.24) is 4.90 Å². The molecular formula is C20H23ClN2O2. The zero-order valence-corrected chi connectivity index (χ0v) is 15.0. The lowest BCUT2D eigenvalue weighted by Gasteiger charge is -2.39. The van der Waals surface area contributed by atoms with E-state index in [2.05, 4.69) is 46.6 Å². The lowest BCUT2D eigenvalue weighted by atomic mass is 9.74. The molecule has 0 bridgehead atoms. The first-order chi connectivity index (χ1) is 11.8. The third kappa shape index (κ3) is 2.83. The lowest BCUT2D eigenvalue weighted by molar-refractivity contribution is 0.162. The van der Waals surface area contributed by atoms with Gasteiger partial charge in [-0.2, -0.15) is 0 Å². The summed E-state index contributed by atoms with van der Waals surface area (Å²) < 4.78 is 10.9. The number of rotatable bonds is 2. The van der Waals surface area contributed by atoms with E-state index in [0.29, 0.717) is 12.2 Å². The van der Waals surface area contributed by atoms with E-state index in [1.54, 1.807) is 0 Å². The Hall–Kier alpha value is -1.91. The Morgan fingerprint density at radius 3 is 2.68 bits per heavy atom. The van der Waals surface area contributed by atoms with Gasteiger partial charge in [0.05, 0.1) is 0 Å². The SMILES string of the molecule is Cl.c1ccc2c(c1)NCC21CCN(Cc2ccc3c(c2)OCO3)CC1. The molecule has 0 amide bonds. The van der Waals surface area contributed by atoms with Crippen molar-refractivity contribution in [2.75, 3.05) is 31.7 Å². The smallest absolute Gasteiger partial charge is 0.231 e. The number of ether oxygens (including phenoxy) is 2. The number of piperidine rings is 1. The summed E-state index contributed by atoms with van der Waals surface area (Å²) in [6, 6.07) is 15.1. The zero-order valence-electron chi connectivity index (χ0n) is 14.2. The molecule has 1 spiro atoms. The number of nitrogens with zero attached hydrogens (tertiary/aromatic N) is 1. The molecule has 0 saturated carbocycles.